The second-order valence-corrected chi connectivity index (χ2v) is 13.9. The molecular formula is C36H57N9O9. The van der Waals surface area contributed by atoms with E-state index in [-0.39, 0.29) is 38.1 Å². The smallest absolute Gasteiger partial charge is 0.326 e. The van der Waals surface area contributed by atoms with E-state index in [1.807, 2.05) is 0 Å². The molecule has 2 rings (SSSR count). The zero-order valence-corrected chi connectivity index (χ0v) is 31.5. The number of carboxylic acids is 1. The Labute approximate surface area is 315 Å². The van der Waals surface area contributed by atoms with Crippen molar-refractivity contribution in [2.45, 2.75) is 121 Å². The van der Waals surface area contributed by atoms with Gasteiger partial charge in [0.15, 0.2) is 0 Å². The molecule has 18 nitrogen and oxygen atoms in total. The topological polar surface area (TPSA) is 298 Å². The third kappa shape index (κ3) is 14.4. The molecule has 1 aromatic carbocycles. The van der Waals surface area contributed by atoms with E-state index >= 15 is 0 Å². The lowest BCUT2D eigenvalue weighted by atomic mass is 10.0. The summed E-state index contributed by atoms with van der Waals surface area (Å²) < 4.78 is 0. The van der Waals surface area contributed by atoms with E-state index in [0.29, 0.717) is 37.8 Å². The van der Waals surface area contributed by atoms with Crippen molar-refractivity contribution in [3.05, 3.63) is 35.9 Å². The molecule has 7 atom stereocenters. The van der Waals surface area contributed by atoms with Gasteiger partial charge in [-0.2, -0.15) is 0 Å². The Morgan fingerprint density at radius 2 is 1.43 bits per heavy atom. The zero-order valence-electron chi connectivity index (χ0n) is 31.5. The van der Waals surface area contributed by atoms with Gasteiger partial charge in [0.1, 0.15) is 36.3 Å². The minimum absolute atomic E-state index is 0.0247. The van der Waals surface area contributed by atoms with Gasteiger partial charge in [-0.3, -0.25) is 33.6 Å². The number of hydrogen-bond donors (Lipinski definition) is 9. The van der Waals surface area contributed by atoms with Crippen LogP contribution < -0.4 is 43.8 Å². The molecule has 1 aromatic rings. The first-order valence-electron chi connectivity index (χ1n) is 18.3. The molecule has 0 saturated carbocycles. The first kappa shape index (κ1) is 45.1. The molecule has 0 aromatic heterocycles. The Balaban J connectivity index is 2.23. The molecule has 1 heterocycles. The van der Waals surface area contributed by atoms with Gasteiger partial charge >= 0.3 is 5.97 Å². The number of unbranched alkanes of at least 4 members (excludes halogenated alkanes) is 1. The van der Waals surface area contributed by atoms with Crippen molar-refractivity contribution in [3.8, 4) is 0 Å². The Kier molecular flexibility index (Phi) is 18.5. The van der Waals surface area contributed by atoms with Gasteiger partial charge in [-0.25, -0.2) is 4.79 Å². The summed E-state index contributed by atoms with van der Waals surface area (Å²) in [6, 6.07) is 0.987. The number of nitrogens with two attached hydrogens (primary N) is 3. The number of primary amides is 1. The monoisotopic (exact) mass is 759 g/mol. The molecule has 7 amide bonds. The normalized spacial score (nSPS) is 17.2. The van der Waals surface area contributed by atoms with Crippen LogP contribution in [0, 0.1) is 5.92 Å². The summed E-state index contributed by atoms with van der Waals surface area (Å²) in [6.45, 7) is 6.96. The van der Waals surface area contributed by atoms with Crippen LogP contribution in [0.2, 0.25) is 0 Å². The van der Waals surface area contributed by atoms with Crippen LogP contribution in [-0.4, -0.2) is 113 Å². The average Bonchev–Trinajstić information content (AvgIpc) is 3.61. The molecule has 12 N–H and O–H groups in total. The lowest BCUT2D eigenvalue weighted by Crippen LogP contribution is -2.60. The van der Waals surface area contributed by atoms with E-state index in [0.717, 1.165) is 0 Å². The zero-order chi connectivity index (χ0) is 40.5. The standard InChI is InChI=1S/C36H57N9O9/c1-20(2)29(44-30(47)21(3)38)35(52)45-18-10-14-27(45)34(51)43-26(19-23-11-6-5-7-12-23)33(50)40-22(4)31(48)41-24(15-16-28(39)46)32(49)42-25(36(53)54)13-8-9-17-37/h5-7,11-12,20-22,24-27,29H,8-10,13-19,37-38H2,1-4H3,(H2,39,46)(H,40,50)(H,41,48)(H,42,49)(H,43,51)(H,44,47)(H,53,54)/t21-,22-,24-,25-,26-,27-,29-/m0/s1. The van der Waals surface area contributed by atoms with Crippen molar-refractivity contribution in [2.75, 3.05) is 13.1 Å². The Bertz CT molecular complexity index is 1470. The van der Waals surface area contributed by atoms with Crippen LogP contribution in [0.15, 0.2) is 30.3 Å². The number of nitrogens with zero attached hydrogens (tertiary/aromatic N) is 1. The number of carboxylic acid groups (broad SMARTS) is 1. The van der Waals surface area contributed by atoms with Gasteiger partial charge in [0.05, 0.1) is 6.04 Å². The molecule has 54 heavy (non-hydrogen) atoms. The average molecular weight is 760 g/mol. The molecule has 0 radical (unpaired) electrons. The summed E-state index contributed by atoms with van der Waals surface area (Å²) in [5, 5.41) is 22.4. The second-order valence-electron chi connectivity index (χ2n) is 13.9. The van der Waals surface area contributed by atoms with Crippen LogP contribution in [0.25, 0.3) is 0 Å². The third-order valence-electron chi connectivity index (χ3n) is 9.02. The first-order chi connectivity index (χ1) is 25.5. The Hall–Kier alpha value is -5.10. The van der Waals surface area contributed by atoms with Crippen LogP contribution >= 0.6 is 0 Å². The largest absolute Gasteiger partial charge is 0.480 e. The van der Waals surface area contributed by atoms with Crippen LogP contribution in [-0.2, 0) is 44.8 Å². The maximum atomic E-state index is 13.8. The fourth-order valence-electron chi connectivity index (χ4n) is 5.86. The predicted molar refractivity (Wildman–Crippen MR) is 198 cm³/mol. The molecule has 18 heteroatoms. The van der Waals surface area contributed by atoms with Crippen molar-refractivity contribution < 1.29 is 43.5 Å². The number of hydrogen-bond acceptors (Lipinski definition) is 10. The van der Waals surface area contributed by atoms with Gasteiger partial charge in [0.2, 0.25) is 41.4 Å². The Morgan fingerprint density at radius 3 is 2.00 bits per heavy atom. The molecule has 300 valence electrons. The van der Waals surface area contributed by atoms with Crippen molar-refractivity contribution in [2.24, 2.45) is 23.1 Å². The number of rotatable bonds is 22. The van der Waals surface area contributed by atoms with Crippen molar-refractivity contribution in [3.63, 3.8) is 0 Å². The molecular weight excluding hydrogens is 702 g/mol. The molecule has 0 unspecified atom stereocenters. The number of aliphatic carboxylic acids is 1. The summed E-state index contributed by atoms with van der Waals surface area (Å²) in [5.41, 5.74) is 17.1. The van der Waals surface area contributed by atoms with E-state index in [1.54, 1.807) is 44.2 Å². The number of nitrogens with one attached hydrogen (secondary N) is 5. The number of amides is 7. The SMILES string of the molecule is CC(C)[C@H](NC(=O)[C@H](C)N)C(=O)N1CCC[C@H]1C(=O)N[C@@H](Cc1ccccc1)C(=O)N[C@@H](C)C(=O)N[C@@H](CCC(N)=O)C(=O)N[C@@H](CCCCN)C(=O)O. The van der Waals surface area contributed by atoms with Gasteiger partial charge in [-0.15, -0.1) is 0 Å². The molecule has 1 aliphatic rings. The molecule has 1 aliphatic heterocycles. The molecule has 0 bridgehead atoms. The van der Waals surface area contributed by atoms with Crippen LogP contribution in [0.4, 0.5) is 0 Å². The van der Waals surface area contributed by atoms with E-state index < -0.39 is 89.6 Å². The lowest BCUT2D eigenvalue weighted by Gasteiger charge is -2.31. The fraction of sp³-hybridized carbons (Fsp3) is 0.611. The summed E-state index contributed by atoms with van der Waals surface area (Å²) in [6.07, 6.45) is 1.36. The quantitative estimate of drug-likeness (QED) is 0.0591. The van der Waals surface area contributed by atoms with E-state index in [2.05, 4.69) is 26.6 Å². The van der Waals surface area contributed by atoms with Gasteiger partial charge in [-0.1, -0.05) is 44.2 Å². The number of carbonyl (C=O) groups is 8. The van der Waals surface area contributed by atoms with Gasteiger partial charge in [-0.05, 0) is 70.4 Å². The molecule has 0 spiro atoms. The summed E-state index contributed by atoms with van der Waals surface area (Å²) in [7, 11) is 0. The highest BCUT2D eigenvalue weighted by Gasteiger charge is 2.40. The van der Waals surface area contributed by atoms with Crippen LogP contribution in [0.5, 0.6) is 0 Å². The lowest BCUT2D eigenvalue weighted by molar-refractivity contribution is -0.143. The number of benzene rings is 1. The minimum Gasteiger partial charge on any atom is -0.480 e. The minimum atomic E-state index is -1.36. The third-order valence-corrected chi connectivity index (χ3v) is 9.02. The van der Waals surface area contributed by atoms with Gasteiger partial charge in [0.25, 0.3) is 0 Å². The molecule has 0 aliphatic carbocycles. The first-order valence-corrected chi connectivity index (χ1v) is 18.3. The molecule has 1 fully saturated rings. The van der Waals surface area contributed by atoms with Crippen LogP contribution in [0.1, 0.15) is 78.2 Å². The van der Waals surface area contributed by atoms with Crippen LogP contribution in [0.3, 0.4) is 0 Å². The van der Waals surface area contributed by atoms with E-state index in [4.69, 9.17) is 17.2 Å². The van der Waals surface area contributed by atoms with E-state index in [9.17, 15) is 43.5 Å². The number of carbonyl (C=O) groups excluding carboxylic acids is 7. The summed E-state index contributed by atoms with van der Waals surface area (Å²) in [5.74, 6) is -6.33. The predicted octanol–water partition coefficient (Wildman–Crippen LogP) is -1.85. The highest BCUT2D eigenvalue weighted by Crippen LogP contribution is 2.21. The van der Waals surface area contributed by atoms with Gasteiger partial charge < -0.3 is 53.8 Å². The highest BCUT2D eigenvalue weighted by atomic mass is 16.4. The molecule has 1 saturated heterocycles. The van der Waals surface area contributed by atoms with E-state index in [1.165, 1.54) is 18.7 Å². The second kappa shape index (κ2) is 22.2. The van der Waals surface area contributed by atoms with Gasteiger partial charge in [0, 0.05) is 19.4 Å². The highest BCUT2D eigenvalue weighted by molar-refractivity contribution is 5.97. The Morgan fingerprint density at radius 1 is 0.796 bits per heavy atom. The summed E-state index contributed by atoms with van der Waals surface area (Å²) in [4.78, 5) is 105. The van der Waals surface area contributed by atoms with Crippen molar-refractivity contribution >= 4 is 47.3 Å². The maximum Gasteiger partial charge on any atom is 0.326 e. The van der Waals surface area contributed by atoms with Crippen molar-refractivity contribution in [1.29, 1.82) is 0 Å². The summed E-state index contributed by atoms with van der Waals surface area (Å²) >= 11 is 0. The fourth-order valence-corrected chi connectivity index (χ4v) is 5.86. The van der Waals surface area contributed by atoms with Crippen molar-refractivity contribution in [1.82, 2.24) is 31.5 Å². The number of likely N-dealkylation sites (tertiary alicyclic amines) is 1. The maximum absolute atomic E-state index is 13.8.